The Morgan fingerprint density at radius 1 is 0.273 bits per heavy atom. The van der Waals surface area contributed by atoms with Crippen LogP contribution in [0.25, 0.3) is 0 Å². The van der Waals surface area contributed by atoms with Gasteiger partial charge in [0.2, 0.25) is 0 Å². The van der Waals surface area contributed by atoms with Gasteiger partial charge < -0.3 is 14.2 Å². The van der Waals surface area contributed by atoms with E-state index in [0.29, 0.717) is 19.3 Å². The maximum atomic E-state index is 12.9. The molecule has 0 amide bonds. The smallest absolute Gasteiger partial charge is 0.306 e. The molecule has 0 aliphatic carbocycles. The Balaban J connectivity index is 4.12. The van der Waals surface area contributed by atoms with Crippen LogP contribution >= 0.6 is 0 Å². The predicted molar refractivity (Wildman–Crippen MR) is 334 cm³/mol. The summed E-state index contributed by atoms with van der Waals surface area (Å²) in [5, 5.41) is 0. The van der Waals surface area contributed by atoms with Gasteiger partial charge in [0.1, 0.15) is 13.2 Å². The molecular weight excluding hydrogens is 949 g/mol. The number of carbonyl (C=O) groups excluding carboxylic acids is 3. The van der Waals surface area contributed by atoms with Gasteiger partial charge in [0.25, 0.3) is 0 Å². The first-order valence-corrected chi connectivity index (χ1v) is 32.7. The summed E-state index contributed by atoms with van der Waals surface area (Å²) in [5.74, 6) is -0.898. The monoisotopic (exact) mass is 1070 g/mol. The largest absolute Gasteiger partial charge is 0.462 e. The second kappa shape index (κ2) is 64.9. The lowest BCUT2D eigenvalue weighted by Gasteiger charge is -2.18. The van der Waals surface area contributed by atoms with E-state index in [2.05, 4.69) is 118 Å². The van der Waals surface area contributed by atoms with Crippen LogP contribution in [0.2, 0.25) is 0 Å². The maximum Gasteiger partial charge on any atom is 0.306 e. The number of ether oxygens (including phenoxy) is 3. The third-order valence-electron chi connectivity index (χ3n) is 14.0. The molecule has 0 radical (unpaired) electrons. The standard InChI is InChI=1S/C71H122O6/c1-4-7-10-13-16-19-22-24-26-28-29-30-31-32-33-34-35-36-37-38-39-40-41-42-43-44-46-47-49-52-55-58-61-64-70(73)76-67-68(66-75-69(72)63-60-57-54-51-21-18-15-12-9-6-3)77-71(74)65-62-59-56-53-50-48-45-27-25-23-20-17-14-11-8-5-2/h7,10,12,15-16,19-20,23-24,26-27,29-30,32-33,45,68H,4-6,8-9,11,13-14,17-18,21-22,25,28,31,34-44,46-67H2,1-3H3/b10-7-,15-12-,19-16-,23-20-,26-24-,30-29-,33-32-,45-27-. The van der Waals surface area contributed by atoms with Gasteiger partial charge in [-0.05, 0) is 116 Å². The Kier molecular flexibility index (Phi) is 61.8. The fourth-order valence-corrected chi connectivity index (χ4v) is 9.15. The summed E-state index contributed by atoms with van der Waals surface area (Å²) in [6, 6.07) is 0. The van der Waals surface area contributed by atoms with Crippen LogP contribution in [0.3, 0.4) is 0 Å². The van der Waals surface area contributed by atoms with Gasteiger partial charge in [0.15, 0.2) is 6.10 Å². The summed E-state index contributed by atoms with van der Waals surface area (Å²) >= 11 is 0. The van der Waals surface area contributed by atoms with Crippen LogP contribution in [0.5, 0.6) is 0 Å². The number of esters is 3. The zero-order valence-electron chi connectivity index (χ0n) is 50.7. The molecule has 442 valence electrons. The lowest BCUT2D eigenvalue weighted by molar-refractivity contribution is -0.167. The van der Waals surface area contributed by atoms with Gasteiger partial charge in [-0.15, -0.1) is 0 Å². The summed E-state index contributed by atoms with van der Waals surface area (Å²) in [4.78, 5) is 38.2. The molecule has 6 heteroatoms. The Labute approximate surface area is 477 Å². The lowest BCUT2D eigenvalue weighted by atomic mass is 10.0. The minimum atomic E-state index is -0.786. The van der Waals surface area contributed by atoms with Crippen LogP contribution in [-0.2, 0) is 28.6 Å². The third kappa shape index (κ3) is 63.0. The molecular formula is C71H122O6. The van der Waals surface area contributed by atoms with Crippen molar-refractivity contribution in [1.82, 2.24) is 0 Å². The molecule has 6 nitrogen and oxygen atoms in total. The van der Waals surface area contributed by atoms with Crippen LogP contribution in [0.1, 0.15) is 316 Å². The summed E-state index contributed by atoms with van der Waals surface area (Å²) in [6.07, 6.45) is 87.2. The highest BCUT2D eigenvalue weighted by molar-refractivity contribution is 5.71. The van der Waals surface area contributed by atoms with Gasteiger partial charge in [-0.1, -0.05) is 279 Å². The molecule has 0 saturated heterocycles. The molecule has 0 heterocycles. The summed E-state index contributed by atoms with van der Waals surface area (Å²) in [7, 11) is 0. The zero-order valence-corrected chi connectivity index (χ0v) is 50.7. The quantitative estimate of drug-likeness (QED) is 0.0261. The molecule has 0 bridgehead atoms. The molecule has 1 unspecified atom stereocenters. The van der Waals surface area contributed by atoms with Crippen LogP contribution in [0.15, 0.2) is 97.2 Å². The van der Waals surface area contributed by atoms with E-state index in [0.717, 1.165) is 128 Å². The molecule has 0 spiro atoms. The molecule has 0 N–H and O–H groups in total. The molecule has 0 aromatic heterocycles. The molecule has 0 fully saturated rings. The van der Waals surface area contributed by atoms with Crippen molar-refractivity contribution < 1.29 is 28.6 Å². The van der Waals surface area contributed by atoms with Gasteiger partial charge in [0, 0.05) is 19.3 Å². The molecule has 0 aromatic rings. The Morgan fingerprint density at radius 2 is 0.532 bits per heavy atom. The number of unbranched alkanes of at least 4 members (excludes halogenated alkanes) is 32. The molecule has 0 saturated carbocycles. The summed E-state index contributed by atoms with van der Waals surface area (Å²) in [6.45, 7) is 6.45. The second-order valence-corrected chi connectivity index (χ2v) is 21.6. The molecule has 1 atom stereocenters. The average molecular weight is 1070 g/mol. The summed E-state index contributed by atoms with van der Waals surface area (Å²) < 4.78 is 16.9. The van der Waals surface area contributed by atoms with Crippen LogP contribution in [-0.4, -0.2) is 37.2 Å². The third-order valence-corrected chi connectivity index (χ3v) is 14.0. The van der Waals surface area contributed by atoms with E-state index in [1.165, 1.54) is 148 Å². The number of carbonyl (C=O) groups is 3. The van der Waals surface area contributed by atoms with E-state index in [9.17, 15) is 14.4 Å². The fraction of sp³-hybridized carbons (Fsp3) is 0.732. The first-order chi connectivity index (χ1) is 38.0. The summed E-state index contributed by atoms with van der Waals surface area (Å²) in [5.41, 5.74) is 0. The van der Waals surface area contributed by atoms with E-state index >= 15 is 0 Å². The molecule has 0 aliphatic heterocycles. The topological polar surface area (TPSA) is 78.9 Å². The maximum absolute atomic E-state index is 12.9. The van der Waals surface area contributed by atoms with Crippen molar-refractivity contribution in [2.75, 3.05) is 13.2 Å². The van der Waals surface area contributed by atoms with Crippen molar-refractivity contribution in [3.63, 3.8) is 0 Å². The Hall–Kier alpha value is -3.67. The lowest BCUT2D eigenvalue weighted by Crippen LogP contribution is -2.30. The van der Waals surface area contributed by atoms with Crippen LogP contribution < -0.4 is 0 Å². The van der Waals surface area contributed by atoms with Crippen molar-refractivity contribution in [3.05, 3.63) is 97.2 Å². The van der Waals surface area contributed by atoms with E-state index in [1.54, 1.807) is 0 Å². The van der Waals surface area contributed by atoms with Gasteiger partial charge in [-0.2, -0.15) is 0 Å². The number of hydrogen-bond acceptors (Lipinski definition) is 6. The predicted octanol–water partition coefficient (Wildman–Crippen LogP) is 22.4. The molecule has 0 rings (SSSR count). The van der Waals surface area contributed by atoms with Crippen LogP contribution in [0.4, 0.5) is 0 Å². The van der Waals surface area contributed by atoms with Gasteiger partial charge in [-0.25, -0.2) is 0 Å². The molecule has 77 heavy (non-hydrogen) atoms. The van der Waals surface area contributed by atoms with E-state index in [4.69, 9.17) is 14.2 Å². The van der Waals surface area contributed by atoms with Gasteiger partial charge >= 0.3 is 17.9 Å². The average Bonchev–Trinajstić information content (AvgIpc) is 3.43. The highest BCUT2D eigenvalue weighted by Gasteiger charge is 2.19. The number of allylic oxidation sites excluding steroid dienone is 16. The highest BCUT2D eigenvalue weighted by atomic mass is 16.6. The number of rotatable bonds is 59. The normalized spacial score (nSPS) is 12.7. The van der Waals surface area contributed by atoms with Crippen molar-refractivity contribution in [1.29, 1.82) is 0 Å². The Bertz CT molecular complexity index is 1510. The van der Waals surface area contributed by atoms with Crippen molar-refractivity contribution >= 4 is 17.9 Å². The van der Waals surface area contributed by atoms with E-state index < -0.39 is 6.10 Å². The van der Waals surface area contributed by atoms with Crippen molar-refractivity contribution in [2.45, 2.75) is 322 Å². The van der Waals surface area contributed by atoms with Crippen molar-refractivity contribution in [3.8, 4) is 0 Å². The number of hydrogen-bond donors (Lipinski definition) is 0. The first-order valence-electron chi connectivity index (χ1n) is 32.7. The second-order valence-electron chi connectivity index (χ2n) is 21.6. The highest BCUT2D eigenvalue weighted by Crippen LogP contribution is 2.17. The minimum Gasteiger partial charge on any atom is -0.462 e. The van der Waals surface area contributed by atoms with E-state index in [-0.39, 0.29) is 31.1 Å². The first kappa shape index (κ1) is 73.3. The minimum absolute atomic E-state index is 0.0830. The van der Waals surface area contributed by atoms with Crippen LogP contribution in [0, 0.1) is 0 Å². The fourth-order valence-electron chi connectivity index (χ4n) is 9.15. The van der Waals surface area contributed by atoms with Crippen molar-refractivity contribution in [2.24, 2.45) is 0 Å². The van der Waals surface area contributed by atoms with Gasteiger partial charge in [-0.3, -0.25) is 14.4 Å². The van der Waals surface area contributed by atoms with E-state index in [1.807, 2.05) is 0 Å². The molecule has 0 aliphatic rings. The zero-order chi connectivity index (χ0) is 55.7. The SMILES string of the molecule is CC/C=C\C/C=C\C/C=C\C/C=C\C/C=C\CCCCCCCCCCCCCCCCCCCC(=O)OCC(COC(=O)CCCCCCC/C=C\CCC)OC(=O)CCCCCCC/C=C\C/C=C\CCCCCC. The molecule has 0 aromatic carbocycles. The Morgan fingerprint density at radius 3 is 0.857 bits per heavy atom. The van der Waals surface area contributed by atoms with Gasteiger partial charge in [0.05, 0.1) is 0 Å².